The van der Waals surface area contributed by atoms with Gasteiger partial charge in [-0.1, -0.05) is 27.5 Å². The number of carbonyl (C=O) groups is 2. The Balaban J connectivity index is 2.00. The van der Waals surface area contributed by atoms with Crippen molar-refractivity contribution < 1.29 is 19.4 Å². The highest BCUT2D eigenvalue weighted by Gasteiger charge is 2.43. The fraction of sp³-hybridized carbons (Fsp3) is 0.385. The molecule has 0 radical (unpaired) electrons. The van der Waals surface area contributed by atoms with E-state index in [9.17, 15) is 9.59 Å². The minimum absolute atomic E-state index is 0.187. The van der Waals surface area contributed by atoms with Crippen LogP contribution in [0.15, 0.2) is 22.7 Å². The number of benzene rings is 1. The van der Waals surface area contributed by atoms with Crippen molar-refractivity contribution in [2.75, 3.05) is 19.7 Å². The van der Waals surface area contributed by atoms with Gasteiger partial charge in [-0.15, -0.1) is 0 Å². The first-order valence-corrected chi connectivity index (χ1v) is 7.08. The predicted molar refractivity (Wildman–Crippen MR) is 77.0 cm³/mol. The highest BCUT2D eigenvalue weighted by molar-refractivity contribution is 9.10. The predicted octanol–water partition coefficient (Wildman–Crippen LogP) is 2.42. The molecule has 1 fully saturated rings. The molecule has 1 amide bonds. The molecule has 0 aromatic heterocycles. The van der Waals surface area contributed by atoms with Crippen LogP contribution in [0.1, 0.15) is 17.3 Å². The van der Waals surface area contributed by atoms with Crippen LogP contribution in [-0.4, -0.2) is 47.2 Å². The van der Waals surface area contributed by atoms with Crippen molar-refractivity contribution in [1.82, 2.24) is 4.90 Å². The van der Waals surface area contributed by atoms with E-state index in [1.54, 1.807) is 30.0 Å². The summed E-state index contributed by atoms with van der Waals surface area (Å²) in [5, 5.41) is 8.98. The number of carbonyl (C=O) groups excluding carboxylic acids is 1. The van der Waals surface area contributed by atoms with Gasteiger partial charge in [-0.2, -0.15) is 0 Å². The molecule has 0 atom stereocenters. The van der Waals surface area contributed by atoms with Crippen molar-refractivity contribution >= 4 is 39.4 Å². The van der Waals surface area contributed by atoms with Gasteiger partial charge in [0.1, 0.15) is 12.2 Å². The van der Waals surface area contributed by atoms with Crippen molar-refractivity contribution in [1.29, 1.82) is 0 Å². The lowest BCUT2D eigenvalue weighted by molar-refractivity contribution is -0.159. The number of nitrogens with zero attached hydrogens (tertiary/aromatic N) is 1. The van der Waals surface area contributed by atoms with Crippen LogP contribution >= 0.6 is 27.5 Å². The van der Waals surface area contributed by atoms with Crippen LogP contribution in [0.4, 0.5) is 0 Å². The molecule has 1 saturated heterocycles. The Hall–Kier alpha value is -1.11. The van der Waals surface area contributed by atoms with Crippen molar-refractivity contribution in [3.63, 3.8) is 0 Å². The van der Waals surface area contributed by atoms with E-state index in [-0.39, 0.29) is 12.5 Å². The number of carboxylic acid groups (broad SMARTS) is 1. The minimum atomic E-state index is -1.02. The van der Waals surface area contributed by atoms with Gasteiger partial charge in [0.25, 0.3) is 5.91 Å². The van der Waals surface area contributed by atoms with Crippen LogP contribution in [-0.2, 0) is 9.53 Å². The van der Waals surface area contributed by atoms with Gasteiger partial charge in [-0.25, -0.2) is 4.79 Å². The Bertz CT molecular complexity index is 557. The number of likely N-dealkylation sites (tertiary alicyclic amines) is 1. The fourth-order valence-corrected chi connectivity index (χ4v) is 2.62. The summed E-state index contributed by atoms with van der Waals surface area (Å²) in [7, 11) is 0. The van der Waals surface area contributed by atoms with E-state index in [0.717, 1.165) is 4.47 Å². The molecule has 5 nitrogen and oxygen atoms in total. The maximum atomic E-state index is 12.3. The molecule has 108 valence electrons. The summed E-state index contributed by atoms with van der Waals surface area (Å²) in [4.78, 5) is 24.3. The van der Waals surface area contributed by atoms with Gasteiger partial charge in [0.15, 0.2) is 0 Å². The molecule has 0 saturated carbocycles. The Morgan fingerprint density at radius 3 is 2.75 bits per heavy atom. The van der Waals surface area contributed by atoms with E-state index < -0.39 is 11.6 Å². The third-order valence-electron chi connectivity index (χ3n) is 3.04. The van der Waals surface area contributed by atoms with Gasteiger partial charge in [0.05, 0.1) is 23.7 Å². The zero-order valence-corrected chi connectivity index (χ0v) is 13.1. The number of rotatable bonds is 4. The van der Waals surface area contributed by atoms with Gasteiger partial charge in [-0.05, 0) is 25.1 Å². The molecule has 2 rings (SSSR count). The van der Waals surface area contributed by atoms with Crippen molar-refractivity contribution in [2.45, 2.75) is 12.5 Å². The summed E-state index contributed by atoms with van der Waals surface area (Å²) in [6.07, 6.45) is 0. The highest BCUT2D eigenvalue weighted by Crippen LogP contribution is 2.29. The number of hydrogen-bond acceptors (Lipinski definition) is 3. The van der Waals surface area contributed by atoms with Gasteiger partial charge in [-0.3, -0.25) is 4.79 Å². The van der Waals surface area contributed by atoms with Crippen LogP contribution < -0.4 is 0 Å². The second kappa shape index (κ2) is 5.71. The van der Waals surface area contributed by atoms with Crippen LogP contribution in [0.3, 0.4) is 0 Å². The molecule has 20 heavy (non-hydrogen) atoms. The monoisotopic (exact) mass is 361 g/mol. The number of carboxylic acids is 1. The number of halogens is 2. The summed E-state index contributed by atoms with van der Waals surface area (Å²) in [6.45, 7) is 2.11. The molecule has 0 unspecified atom stereocenters. The Kier molecular flexibility index (Phi) is 4.36. The second-order valence-corrected chi connectivity index (χ2v) is 6.24. The Morgan fingerprint density at radius 1 is 1.50 bits per heavy atom. The van der Waals surface area contributed by atoms with Gasteiger partial charge in [0, 0.05) is 4.47 Å². The molecule has 0 aliphatic carbocycles. The number of hydrogen-bond donors (Lipinski definition) is 1. The molecule has 7 heteroatoms. The molecule has 1 aliphatic heterocycles. The average Bonchev–Trinajstić information content (AvgIpc) is 2.35. The molecular formula is C13H13BrClNO4. The lowest BCUT2D eigenvalue weighted by Crippen LogP contribution is -2.63. The number of aliphatic carboxylic acids is 1. The molecule has 0 spiro atoms. The summed E-state index contributed by atoms with van der Waals surface area (Å²) >= 11 is 9.31. The minimum Gasteiger partial charge on any atom is -0.480 e. The standard InChI is InChI=1S/C13H13BrClNO4/c1-13(20-5-11(17)18)6-16(7-13)12(19)9-4-8(14)2-3-10(9)15/h2-4H,5-7H2,1H3,(H,17,18). The van der Waals surface area contributed by atoms with Crippen LogP contribution in [0.2, 0.25) is 5.02 Å². The van der Waals surface area contributed by atoms with Crippen LogP contribution in [0.5, 0.6) is 0 Å². The topological polar surface area (TPSA) is 66.8 Å². The molecule has 1 heterocycles. The number of amides is 1. The lowest BCUT2D eigenvalue weighted by Gasteiger charge is -2.47. The Morgan fingerprint density at radius 2 is 2.15 bits per heavy atom. The molecule has 1 aliphatic rings. The summed E-state index contributed by atoms with van der Waals surface area (Å²) in [6, 6.07) is 5.08. The maximum Gasteiger partial charge on any atom is 0.329 e. The third kappa shape index (κ3) is 3.31. The lowest BCUT2D eigenvalue weighted by atomic mass is 9.95. The van der Waals surface area contributed by atoms with Crippen LogP contribution in [0, 0.1) is 0 Å². The molecule has 1 aromatic carbocycles. The first-order valence-electron chi connectivity index (χ1n) is 5.91. The highest BCUT2D eigenvalue weighted by atomic mass is 79.9. The van der Waals surface area contributed by atoms with Gasteiger partial charge < -0.3 is 14.7 Å². The largest absolute Gasteiger partial charge is 0.480 e. The zero-order valence-electron chi connectivity index (χ0n) is 10.7. The van der Waals surface area contributed by atoms with E-state index >= 15 is 0 Å². The van der Waals surface area contributed by atoms with Crippen molar-refractivity contribution in [2.24, 2.45) is 0 Å². The average molecular weight is 363 g/mol. The zero-order chi connectivity index (χ0) is 14.9. The third-order valence-corrected chi connectivity index (χ3v) is 3.86. The van der Waals surface area contributed by atoms with Crippen molar-refractivity contribution in [3.05, 3.63) is 33.3 Å². The second-order valence-electron chi connectivity index (χ2n) is 4.92. The van der Waals surface area contributed by atoms with E-state index in [4.69, 9.17) is 21.4 Å². The quantitative estimate of drug-likeness (QED) is 0.893. The SMILES string of the molecule is CC1(OCC(=O)O)CN(C(=O)c2cc(Br)ccc2Cl)C1. The van der Waals surface area contributed by atoms with E-state index in [1.165, 1.54) is 0 Å². The van der Waals surface area contributed by atoms with E-state index in [1.807, 2.05) is 0 Å². The fourth-order valence-electron chi connectivity index (χ4n) is 2.06. The van der Waals surface area contributed by atoms with Gasteiger partial charge >= 0.3 is 5.97 Å². The molecular weight excluding hydrogens is 350 g/mol. The number of ether oxygens (including phenoxy) is 1. The molecule has 0 bridgehead atoms. The first-order chi connectivity index (χ1) is 9.31. The normalized spacial score (nSPS) is 16.6. The summed E-state index contributed by atoms with van der Waals surface area (Å²) in [5.74, 6) is -1.21. The molecule has 1 N–H and O–H groups in total. The van der Waals surface area contributed by atoms with E-state index in [2.05, 4.69) is 15.9 Å². The summed E-state index contributed by atoms with van der Waals surface area (Å²) < 4.78 is 6.04. The van der Waals surface area contributed by atoms with Gasteiger partial charge in [0.2, 0.25) is 0 Å². The maximum absolute atomic E-state index is 12.3. The van der Waals surface area contributed by atoms with E-state index in [0.29, 0.717) is 23.7 Å². The smallest absolute Gasteiger partial charge is 0.329 e. The summed E-state index contributed by atoms with van der Waals surface area (Å²) in [5.41, 5.74) is -0.187. The molecule has 1 aromatic rings. The van der Waals surface area contributed by atoms with Crippen LogP contribution in [0.25, 0.3) is 0 Å². The Labute approximate surface area is 129 Å². The first kappa shape index (κ1) is 15.3. The van der Waals surface area contributed by atoms with Crippen molar-refractivity contribution in [3.8, 4) is 0 Å².